The van der Waals surface area contributed by atoms with Crippen LogP contribution in [0.3, 0.4) is 0 Å². The van der Waals surface area contributed by atoms with Crippen LogP contribution in [-0.4, -0.2) is 6.10 Å². The van der Waals surface area contributed by atoms with Gasteiger partial charge in [-0.1, -0.05) is 90.5 Å². The average Bonchev–Trinajstić information content (AvgIpc) is 3.45. The second-order valence-electron chi connectivity index (χ2n) is 8.21. The molecular formula is C27H26O. The molecule has 1 fully saturated rings. The van der Waals surface area contributed by atoms with Gasteiger partial charge in [0.15, 0.2) is 0 Å². The molecule has 2 aliphatic rings. The quantitative estimate of drug-likeness (QED) is 0.523. The van der Waals surface area contributed by atoms with Gasteiger partial charge in [-0.3, -0.25) is 0 Å². The summed E-state index contributed by atoms with van der Waals surface area (Å²) in [7, 11) is 0. The van der Waals surface area contributed by atoms with Gasteiger partial charge in [0.1, 0.15) is 6.10 Å². The predicted octanol–water partition coefficient (Wildman–Crippen LogP) is 6.19. The Morgan fingerprint density at radius 2 is 1.50 bits per heavy atom. The lowest BCUT2D eigenvalue weighted by atomic mass is 9.87. The molecule has 0 amide bonds. The van der Waals surface area contributed by atoms with Gasteiger partial charge in [-0.05, 0) is 42.5 Å². The minimum Gasteiger partial charge on any atom is -0.498 e. The third-order valence-electron chi connectivity index (χ3n) is 6.58. The summed E-state index contributed by atoms with van der Waals surface area (Å²) < 4.78 is 6.20. The van der Waals surface area contributed by atoms with E-state index in [1.165, 1.54) is 22.3 Å². The molecule has 1 saturated carbocycles. The zero-order valence-electron chi connectivity index (χ0n) is 16.3. The normalized spacial score (nSPS) is 27.7. The Morgan fingerprint density at radius 1 is 0.821 bits per heavy atom. The molecule has 4 atom stereocenters. The van der Waals surface area contributed by atoms with E-state index in [1.807, 2.05) is 6.26 Å². The van der Waals surface area contributed by atoms with Gasteiger partial charge in [0, 0.05) is 17.3 Å². The molecule has 5 rings (SSSR count). The fourth-order valence-electron chi connectivity index (χ4n) is 5.16. The van der Waals surface area contributed by atoms with Crippen LogP contribution in [-0.2, 0) is 16.6 Å². The van der Waals surface area contributed by atoms with Crippen molar-refractivity contribution in [3.8, 4) is 0 Å². The van der Waals surface area contributed by atoms with Crippen LogP contribution in [0.25, 0.3) is 0 Å². The lowest BCUT2D eigenvalue weighted by molar-refractivity contribution is 0.0966. The topological polar surface area (TPSA) is 9.23 Å². The molecule has 0 radical (unpaired) electrons. The molecule has 0 N–H and O–H groups in total. The zero-order valence-corrected chi connectivity index (χ0v) is 16.3. The highest BCUT2D eigenvalue weighted by atomic mass is 16.5. The van der Waals surface area contributed by atoms with Crippen molar-refractivity contribution in [3.63, 3.8) is 0 Å². The predicted molar refractivity (Wildman–Crippen MR) is 114 cm³/mol. The number of hydrogen-bond donors (Lipinski definition) is 0. The maximum absolute atomic E-state index is 6.20. The first-order chi connectivity index (χ1) is 13.8. The summed E-state index contributed by atoms with van der Waals surface area (Å²) in [5.74, 6) is 0.974. The Bertz CT molecular complexity index is 958. The van der Waals surface area contributed by atoms with Gasteiger partial charge in [0.25, 0.3) is 0 Å². The second kappa shape index (κ2) is 6.98. The van der Waals surface area contributed by atoms with Crippen LogP contribution in [0.2, 0.25) is 0 Å². The van der Waals surface area contributed by atoms with E-state index in [0.29, 0.717) is 11.8 Å². The average molecular weight is 367 g/mol. The number of benzene rings is 3. The Balaban J connectivity index is 1.48. The summed E-state index contributed by atoms with van der Waals surface area (Å²) in [6.07, 6.45) is 6.64. The van der Waals surface area contributed by atoms with Crippen molar-refractivity contribution in [2.24, 2.45) is 5.92 Å². The maximum Gasteiger partial charge on any atom is 0.103 e. The highest BCUT2D eigenvalue weighted by molar-refractivity contribution is 5.52. The van der Waals surface area contributed by atoms with E-state index < -0.39 is 0 Å². The summed E-state index contributed by atoms with van der Waals surface area (Å²) in [5, 5.41) is 0. The van der Waals surface area contributed by atoms with Crippen molar-refractivity contribution in [2.45, 2.75) is 37.2 Å². The van der Waals surface area contributed by atoms with Gasteiger partial charge in [-0.25, -0.2) is 0 Å². The fraction of sp³-hybridized carbons (Fsp3) is 0.259. The standard InChI is InChI=1S/C27H26O/c1-20-12-15-23(16-13-20)27-18-19-28-24(17-14-21-8-4-2-5-9-21)26(27)25(27)22-10-6-3-7-11-22/h2-13,15-16,18-19,24-26H,14,17H2,1H3/t24-,25-,26-,27-/m1/s1. The van der Waals surface area contributed by atoms with E-state index in [0.717, 1.165) is 12.8 Å². The van der Waals surface area contributed by atoms with Gasteiger partial charge in [-0.15, -0.1) is 0 Å². The molecule has 1 heterocycles. The number of allylic oxidation sites excluding steroid dienone is 1. The van der Waals surface area contributed by atoms with Crippen molar-refractivity contribution in [3.05, 3.63) is 120 Å². The van der Waals surface area contributed by atoms with Crippen molar-refractivity contribution in [1.29, 1.82) is 0 Å². The molecule has 1 nitrogen and oxygen atoms in total. The Kier molecular flexibility index (Phi) is 4.31. The van der Waals surface area contributed by atoms with Crippen LogP contribution in [0.4, 0.5) is 0 Å². The molecule has 0 aromatic heterocycles. The Labute approximate surface area is 167 Å². The zero-order chi connectivity index (χ0) is 19.0. The van der Waals surface area contributed by atoms with E-state index in [-0.39, 0.29) is 11.5 Å². The van der Waals surface area contributed by atoms with E-state index in [4.69, 9.17) is 4.74 Å². The maximum atomic E-state index is 6.20. The lowest BCUT2D eigenvalue weighted by Crippen LogP contribution is -2.24. The van der Waals surface area contributed by atoms with Crippen LogP contribution in [0, 0.1) is 12.8 Å². The van der Waals surface area contributed by atoms with E-state index in [1.54, 1.807) is 0 Å². The number of hydrogen-bond acceptors (Lipinski definition) is 1. The first-order valence-corrected chi connectivity index (χ1v) is 10.3. The number of fused-ring (bicyclic) bond motifs is 1. The van der Waals surface area contributed by atoms with Crippen molar-refractivity contribution in [2.75, 3.05) is 0 Å². The van der Waals surface area contributed by atoms with E-state index in [2.05, 4.69) is 97.9 Å². The molecular weight excluding hydrogens is 340 g/mol. The number of aryl methyl sites for hydroxylation is 2. The summed E-state index contributed by atoms with van der Waals surface area (Å²) in [4.78, 5) is 0. The van der Waals surface area contributed by atoms with Gasteiger partial charge >= 0.3 is 0 Å². The third-order valence-corrected chi connectivity index (χ3v) is 6.58. The van der Waals surface area contributed by atoms with Crippen LogP contribution in [0.1, 0.15) is 34.6 Å². The third kappa shape index (κ3) is 2.86. The first kappa shape index (κ1) is 17.3. The molecule has 3 aromatic rings. The molecule has 0 saturated heterocycles. The molecule has 1 aliphatic heterocycles. The largest absolute Gasteiger partial charge is 0.498 e. The summed E-state index contributed by atoms with van der Waals surface area (Å²) in [6, 6.07) is 30.8. The molecule has 28 heavy (non-hydrogen) atoms. The summed E-state index contributed by atoms with van der Waals surface area (Å²) >= 11 is 0. The van der Waals surface area contributed by atoms with Gasteiger partial charge in [0.05, 0.1) is 6.26 Å². The first-order valence-electron chi connectivity index (χ1n) is 10.3. The minimum absolute atomic E-state index is 0.0641. The van der Waals surface area contributed by atoms with Crippen LogP contribution in [0.15, 0.2) is 97.3 Å². The van der Waals surface area contributed by atoms with Gasteiger partial charge in [0.2, 0.25) is 0 Å². The van der Waals surface area contributed by atoms with Crippen molar-refractivity contribution >= 4 is 0 Å². The van der Waals surface area contributed by atoms with Crippen LogP contribution in [0.5, 0.6) is 0 Å². The number of rotatable bonds is 5. The smallest absolute Gasteiger partial charge is 0.103 e. The lowest BCUT2D eigenvalue weighted by Gasteiger charge is -2.25. The Morgan fingerprint density at radius 3 is 2.21 bits per heavy atom. The molecule has 0 bridgehead atoms. The van der Waals surface area contributed by atoms with E-state index in [9.17, 15) is 0 Å². The monoisotopic (exact) mass is 366 g/mol. The fourth-order valence-corrected chi connectivity index (χ4v) is 5.16. The molecule has 3 aromatic carbocycles. The molecule has 0 unspecified atom stereocenters. The number of ether oxygens (including phenoxy) is 1. The minimum atomic E-state index is 0.0641. The van der Waals surface area contributed by atoms with Crippen molar-refractivity contribution in [1.82, 2.24) is 0 Å². The second-order valence-corrected chi connectivity index (χ2v) is 8.21. The molecule has 0 spiro atoms. The highest BCUT2D eigenvalue weighted by Gasteiger charge is 2.68. The SMILES string of the molecule is Cc1ccc([C@@]23C=CO[C@H](CCc4ccccc4)[C@@H]2[C@H]3c2ccccc2)cc1. The van der Waals surface area contributed by atoms with Gasteiger partial charge < -0.3 is 4.74 Å². The van der Waals surface area contributed by atoms with Crippen LogP contribution >= 0.6 is 0 Å². The molecule has 1 aliphatic carbocycles. The Hall–Kier alpha value is -2.80. The van der Waals surface area contributed by atoms with Crippen LogP contribution < -0.4 is 0 Å². The van der Waals surface area contributed by atoms with Crippen molar-refractivity contribution < 1.29 is 4.74 Å². The summed E-state index contributed by atoms with van der Waals surface area (Å²) in [6.45, 7) is 2.16. The van der Waals surface area contributed by atoms with Gasteiger partial charge in [-0.2, -0.15) is 0 Å². The van der Waals surface area contributed by atoms with E-state index >= 15 is 0 Å². The molecule has 140 valence electrons. The highest BCUT2D eigenvalue weighted by Crippen LogP contribution is 2.70. The summed E-state index contributed by atoms with van der Waals surface area (Å²) in [5.41, 5.74) is 5.60. The molecule has 1 heteroatoms.